The number of hydrogen-bond acceptors (Lipinski definition) is 3. The monoisotopic (exact) mass is 398 g/mol. The molecule has 0 unspecified atom stereocenters. The number of carboxylic acids is 1. The van der Waals surface area contributed by atoms with Gasteiger partial charge in [-0.25, -0.2) is 4.79 Å². The molecule has 0 atom stereocenters. The summed E-state index contributed by atoms with van der Waals surface area (Å²) in [4.78, 5) is 24.7. The highest BCUT2D eigenvalue weighted by Crippen LogP contribution is 2.24. The average molecular weight is 399 g/mol. The van der Waals surface area contributed by atoms with Crippen molar-refractivity contribution >= 4 is 27.9 Å². The maximum atomic E-state index is 12.1. The zero-order chi connectivity index (χ0) is 17.5. The van der Waals surface area contributed by atoms with Crippen LogP contribution >= 0.6 is 15.9 Å². The Kier molecular flexibility index (Phi) is 6.90. The van der Waals surface area contributed by atoms with E-state index in [9.17, 15) is 9.59 Å². The summed E-state index contributed by atoms with van der Waals surface area (Å²) in [6.07, 6.45) is 2.69. The molecule has 0 bridgehead atoms. The van der Waals surface area contributed by atoms with Crippen LogP contribution in [0.5, 0.6) is 5.75 Å². The van der Waals surface area contributed by atoms with E-state index in [1.807, 2.05) is 18.2 Å². The van der Waals surface area contributed by atoms with Crippen LogP contribution in [0.1, 0.15) is 24.8 Å². The van der Waals surface area contributed by atoms with Crippen LogP contribution < -0.4 is 10.1 Å². The molecule has 1 saturated heterocycles. The summed E-state index contributed by atoms with van der Waals surface area (Å²) < 4.78 is 6.33. The van der Waals surface area contributed by atoms with Crippen molar-refractivity contribution in [2.24, 2.45) is 5.92 Å². The average Bonchev–Trinajstić information content (AvgIpc) is 2.59. The predicted molar refractivity (Wildman–Crippen MR) is 94.3 cm³/mol. The summed E-state index contributed by atoms with van der Waals surface area (Å²) in [6.45, 7) is 1.59. The summed E-state index contributed by atoms with van der Waals surface area (Å²) in [5, 5.41) is 11.9. The number of methoxy groups -OCH3 is 1. The molecule has 0 aromatic heterocycles. The van der Waals surface area contributed by atoms with E-state index in [1.165, 1.54) is 0 Å². The van der Waals surface area contributed by atoms with Gasteiger partial charge < -0.3 is 20.1 Å². The number of ether oxygens (including phenoxy) is 1. The van der Waals surface area contributed by atoms with Gasteiger partial charge in [0.25, 0.3) is 0 Å². The van der Waals surface area contributed by atoms with Crippen molar-refractivity contribution < 1.29 is 19.4 Å². The molecule has 1 fully saturated rings. The van der Waals surface area contributed by atoms with Crippen LogP contribution in [0, 0.1) is 5.92 Å². The number of nitrogens with zero attached hydrogens (tertiary/aromatic N) is 1. The molecule has 1 aromatic carbocycles. The molecule has 2 rings (SSSR count). The van der Waals surface area contributed by atoms with Crippen LogP contribution in [0.25, 0.3) is 0 Å². The third-order valence-corrected chi connectivity index (χ3v) is 4.77. The smallest absolute Gasteiger partial charge is 0.317 e. The third kappa shape index (κ3) is 5.12. The number of aryl methyl sites for hydroxylation is 1. The highest BCUT2D eigenvalue weighted by molar-refractivity contribution is 9.10. The van der Waals surface area contributed by atoms with Crippen LogP contribution in [0.4, 0.5) is 4.79 Å². The number of carboxylic acid groups (broad SMARTS) is 1. The van der Waals surface area contributed by atoms with E-state index in [4.69, 9.17) is 9.84 Å². The molecule has 24 heavy (non-hydrogen) atoms. The Morgan fingerprint density at radius 1 is 1.38 bits per heavy atom. The Balaban J connectivity index is 1.71. The molecule has 0 aliphatic carbocycles. The van der Waals surface area contributed by atoms with Gasteiger partial charge in [-0.15, -0.1) is 0 Å². The number of likely N-dealkylation sites (tertiary alicyclic amines) is 1. The molecule has 0 saturated carbocycles. The third-order valence-electron chi connectivity index (χ3n) is 4.28. The molecule has 0 spiro atoms. The Bertz CT molecular complexity index is 586. The summed E-state index contributed by atoms with van der Waals surface area (Å²) in [5.41, 5.74) is 1.11. The summed E-state index contributed by atoms with van der Waals surface area (Å²) >= 11 is 3.42. The number of halogens is 1. The molecular formula is C17H23BrN2O4. The minimum Gasteiger partial charge on any atom is -0.496 e. The number of hydrogen-bond donors (Lipinski definition) is 2. The number of carbonyl (C=O) groups excluding carboxylic acids is 1. The minimum atomic E-state index is -0.765. The molecule has 1 heterocycles. The lowest BCUT2D eigenvalue weighted by Crippen LogP contribution is -2.45. The fraction of sp³-hybridized carbons (Fsp3) is 0.529. The summed E-state index contributed by atoms with van der Waals surface area (Å²) in [5.74, 6) is -0.246. The second kappa shape index (κ2) is 8.92. The number of urea groups is 1. The maximum Gasteiger partial charge on any atom is 0.317 e. The molecule has 0 radical (unpaired) electrons. The van der Waals surface area contributed by atoms with Gasteiger partial charge in [-0.1, -0.05) is 22.0 Å². The molecular weight excluding hydrogens is 376 g/mol. The number of rotatable bonds is 6. The van der Waals surface area contributed by atoms with Crippen molar-refractivity contribution in [2.75, 3.05) is 26.7 Å². The molecule has 1 aliphatic rings. The minimum absolute atomic E-state index is 0.110. The van der Waals surface area contributed by atoms with Crippen LogP contribution in [-0.4, -0.2) is 48.8 Å². The Morgan fingerprint density at radius 2 is 2.08 bits per heavy atom. The van der Waals surface area contributed by atoms with Gasteiger partial charge >= 0.3 is 12.0 Å². The Morgan fingerprint density at radius 3 is 2.71 bits per heavy atom. The molecule has 132 valence electrons. The normalized spacial score (nSPS) is 15.2. The highest BCUT2D eigenvalue weighted by atomic mass is 79.9. The van der Waals surface area contributed by atoms with E-state index >= 15 is 0 Å². The van der Waals surface area contributed by atoms with Crippen molar-refractivity contribution in [1.29, 1.82) is 0 Å². The summed E-state index contributed by atoms with van der Waals surface area (Å²) in [7, 11) is 1.65. The van der Waals surface area contributed by atoms with E-state index in [2.05, 4.69) is 21.2 Å². The first-order valence-electron chi connectivity index (χ1n) is 8.09. The van der Waals surface area contributed by atoms with Crippen LogP contribution in [0.2, 0.25) is 0 Å². The number of amides is 2. The van der Waals surface area contributed by atoms with Crippen molar-refractivity contribution in [1.82, 2.24) is 10.2 Å². The second-order valence-electron chi connectivity index (χ2n) is 5.89. The Hall–Kier alpha value is -1.76. The van der Waals surface area contributed by atoms with Crippen LogP contribution in [0.3, 0.4) is 0 Å². The van der Waals surface area contributed by atoms with Gasteiger partial charge in [-0.05, 0) is 43.4 Å². The molecule has 1 aliphatic heterocycles. The van der Waals surface area contributed by atoms with E-state index < -0.39 is 5.97 Å². The van der Waals surface area contributed by atoms with Gasteiger partial charge in [0, 0.05) is 24.1 Å². The molecule has 1 aromatic rings. The van der Waals surface area contributed by atoms with Crippen LogP contribution in [0.15, 0.2) is 22.7 Å². The van der Waals surface area contributed by atoms with E-state index in [-0.39, 0.29) is 11.9 Å². The highest BCUT2D eigenvalue weighted by Gasteiger charge is 2.26. The van der Waals surface area contributed by atoms with Crippen molar-refractivity contribution in [3.05, 3.63) is 28.2 Å². The number of aliphatic carboxylic acids is 1. The first kappa shape index (κ1) is 18.6. The first-order chi connectivity index (χ1) is 11.5. The number of piperidine rings is 1. The lowest BCUT2D eigenvalue weighted by atomic mass is 9.97. The quantitative estimate of drug-likeness (QED) is 0.722. The molecule has 6 nitrogen and oxygen atoms in total. The maximum absolute atomic E-state index is 12.1. The van der Waals surface area contributed by atoms with Crippen molar-refractivity contribution in [3.63, 3.8) is 0 Å². The molecule has 2 amide bonds. The largest absolute Gasteiger partial charge is 0.496 e. The SMILES string of the molecule is COc1cc(Br)ccc1CCCNC(=O)N1CCC(C(=O)O)CC1. The fourth-order valence-electron chi connectivity index (χ4n) is 2.84. The standard InChI is InChI=1S/C17H23BrN2O4/c1-24-15-11-14(18)5-4-12(15)3-2-8-19-17(23)20-9-6-13(7-10-20)16(21)22/h4-5,11,13H,2-3,6-10H2,1H3,(H,19,23)(H,21,22). The van der Waals surface area contributed by atoms with E-state index in [0.717, 1.165) is 28.6 Å². The molecule has 2 N–H and O–H groups in total. The Labute approximate surface area is 150 Å². The van der Waals surface area contributed by atoms with Gasteiger partial charge in [0.2, 0.25) is 0 Å². The van der Waals surface area contributed by atoms with Gasteiger partial charge in [0.1, 0.15) is 5.75 Å². The zero-order valence-electron chi connectivity index (χ0n) is 13.8. The van der Waals surface area contributed by atoms with Gasteiger partial charge in [-0.3, -0.25) is 4.79 Å². The first-order valence-corrected chi connectivity index (χ1v) is 8.88. The predicted octanol–water partition coefficient (Wildman–Crippen LogP) is 2.90. The van der Waals surface area contributed by atoms with Gasteiger partial charge in [0.15, 0.2) is 0 Å². The lowest BCUT2D eigenvalue weighted by Gasteiger charge is -2.30. The molecule has 7 heteroatoms. The van der Waals surface area contributed by atoms with E-state index in [0.29, 0.717) is 32.5 Å². The van der Waals surface area contributed by atoms with Gasteiger partial charge in [-0.2, -0.15) is 0 Å². The number of benzene rings is 1. The van der Waals surface area contributed by atoms with Gasteiger partial charge in [0.05, 0.1) is 13.0 Å². The number of nitrogens with one attached hydrogen (secondary N) is 1. The number of carbonyl (C=O) groups is 2. The van der Waals surface area contributed by atoms with Crippen LogP contribution in [-0.2, 0) is 11.2 Å². The fourth-order valence-corrected chi connectivity index (χ4v) is 3.18. The lowest BCUT2D eigenvalue weighted by molar-refractivity contribution is -0.143. The van der Waals surface area contributed by atoms with E-state index in [1.54, 1.807) is 12.0 Å². The second-order valence-corrected chi connectivity index (χ2v) is 6.81. The summed E-state index contributed by atoms with van der Waals surface area (Å²) in [6, 6.07) is 5.81. The zero-order valence-corrected chi connectivity index (χ0v) is 15.3. The topological polar surface area (TPSA) is 78.9 Å². The van der Waals surface area contributed by atoms with Crippen molar-refractivity contribution in [2.45, 2.75) is 25.7 Å². The van der Waals surface area contributed by atoms with Crippen molar-refractivity contribution in [3.8, 4) is 5.75 Å².